The first-order chi connectivity index (χ1) is 14.0. The van der Waals surface area contributed by atoms with Crippen molar-refractivity contribution in [2.24, 2.45) is 0 Å². The predicted molar refractivity (Wildman–Crippen MR) is 119 cm³/mol. The highest BCUT2D eigenvalue weighted by Crippen LogP contribution is 2.31. The summed E-state index contributed by atoms with van der Waals surface area (Å²) in [5.74, 6) is 0. The first-order valence-corrected chi connectivity index (χ1v) is 10.1. The minimum Gasteiger partial charge on any atom is -0.421 e. The second-order valence-corrected chi connectivity index (χ2v) is 7.46. The van der Waals surface area contributed by atoms with Gasteiger partial charge in [-0.3, -0.25) is 0 Å². The van der Waals surface area contributed by atoms with Gasteiger partial charge in [-0.15, -0.1) is 5.10 Å². The number of hydrogen-bond donors (Lipinski definition) is 1. The number of anilines is 2. The van der Waals surface area contributed by atoms with E-state index in [-0.39, 0.29) is 0 Å². The van der Waals surface area contributed by atoms with Gasteiger partial charge in [0.1, 0.15) is 11.3 Å². The molecule has 2 aromatic heterocycles. The van der Waals surface area contributed by atoms with Gasteiger partial charge in [0.05, 0.1) is 11.9 Å². The summed E-state index contributed by atoms with van der Waals surface area (Å²) in [6.45, 7) is 5.89. The summed E-state index contributed by atoms with van der Waals surface area (Å²) in [5.41, 5.74) is 9.26. The highest BCUT2D eigenvalue weighted by molar-refractivity contribution is 9.10. The van der Waals surface area contributed by atoms with Gasteiger partial charge in [0, 0.05) is 40.3 Å². The molecule has 0 atom stereocenters. The van der Waals surface area contributed by atoms with Gasteiger partial charge in [0.2, 0.25) is 0 Å². The molecule has 0 spiro atoms. The third-order valence-electron chi connectivity index (χ3n) is 4.83. The molecule has 2 heterocycles. The molecule has 4 aromatic rings. The van der Waals surface area contributed by atoms with Gasteiger partial charge in [0.25, 0.3) is 0 Å². The summed E-state index contributed by atoms with van der Waals surface area (Å²) in [6.07, 6.45) is 1.70. The highest BCUT2D eigenvalue weighted by Gasteiger charge is 2.14. The van der Waals surface area contributed by atoms with Crippen molar-refractivity contribution < 1.29 is 4.42 Å². The zero-order valence-electron chi connectivity index (χ0n) is 16.1. The van der Waals surface area contributed by atoms with Crippen LogP contribution in [0.4, 0.5) is 11.4 Å². The topological polar surface area (TPSA) is 90.2 Å². The number of nitrogens with zero attached hydrogens (tertiary/aromatic N) is 4. The molecular weight excluding hydrogens is 434 g/mol. The van der Waals surface area contributed by atoms with Gasteiger partial charge in [-0.05, 0) is 54.0 Å². The fourth-order valence-corrected chi connectivity index (χ4v) is 3.86. The SMILES string of the molecule is CCN(CC)c1cc2oc(=O)c(-n3cc(-c4ccc(N)cc4)nn3)cc2cc1Br. The maximum absolute atomic E-state index is 12.6. The van der Waals surface area contributed by atoms with E-state index in [1.807, 2.05) is 24.3 Å². The molecule has 0 saturated heterocycles. The van der Waals surface area contributed by atoms with Crippen molar-refractivity contribution in [3.05, 3.63) is 63.6 Å². The maximum atomic E-state index is 12.6. The number of nitrogen functional groups attached to an aromatic ring is 1. The molecule has 4 rings (SSSR count). The van der Waals surface area contributed by atoms with Crippen molar-refractivity contribution in [2.45, 2.75) is 13.8 Å². The smallest absolute Gasteiger partial charge is 0.362 e. The number of nitrogens with two attached hydrogens (primary N) is 1. The lowest BCUT2D eigenvalue weighted by atomic mass is 10.1. The molecule has 7 nitrogen and oxygen atoms in total. The average Bonchev–Trinajstić information content (AvgIpc) is 3.19. The van der Waals surface area contributed by atoms with Crippen LogP contribution in [0.15, 0.2) is 62.3 Å². The fraction of sp³-hybridized carbons (Fsp3) is 0.190. The molecule has 0 aliphatic heterocycles. The van der Waals surface area contributed by atoms with Crippen LogP contribution in [0.3, 0.4) is 0 Å². The van der Waals surface area contributed by atoms with E-state index in [9.17, 15) is 4.79 Å². The van der Waals surface area contributed by atoms with E-state index in [2.05, 4.69) is 45.0 Å². The Bertz CT molecular complexity index is 1230. The van der Waals surface area contributed by atoms with Crippen LogP contribution in [0.2, 0.25) is 0 Å². The Morgan fingerprint density at radius 1 is 1.14 bits per heavy atom. The summed E-state index contributed by atoms with van der Waals surface area (Å²) in [4.78, 5) is 14.8. The lowest BCUT2D eigenvalue weighted by Crippen LogP contribution is -2.22. The maximum Gasteiger partial charge on any atom is 0.362 e. The van der Waals surface area contributed by atoms with Gasteiger partial charge in [-0.1, -0.05) is 17.3 Å². The van der Waals surface area contributed by atoms with Crippen molar-refractivity contribution >= 4 is 38.3 Å². The monoisotopic (exact) mass is 453 g/mol. The predicted octanol–water partition coefficient (Wildman–Crippen LogP) is 4.23. The van der Waals surface area contributed by atoms with Crippen molar-refractivity contribution in [1.29, 1.82) is 0 Å². The fourth-order valence-electron chi connectivity index (χ4n) is 3.25. The zero-order chi connectivity index (χ0) is 20.5. The number of aromatic nitrogens is 3. The van der Waals surface area contributed by atoms with Crippen molar-refractivity contribution in [1.82, 2.24) is 15.0 Å². The summed E-state index contributed by atoms with van der Waals surface area (Å²) in [6, 6.07) is 12.9. The third-order valence-corrected chi connectivity index (χ3v) is 5.47. The number of halogens is 1. The molecule has 0 aliphatic rings. The van der Waals surface area contributed by atoms with Crippen LogP contribution in [0, 0.1) is 0 Å². The van der Waals surface area contributed by atoms with Gasteiger partial charge < -0.3 is 15.1 Å². The molecular formula is C21H20BrN5O2. The largest absolute Gasteiger partial charge is 0.421 e. The van der Waals surface area contributed by atoms with Crippen LogP contribution in [-0.2, 0) is 0 Å². The van der Waals surface area contributed by atoms with Gasteiger partial charge in [-0.2, -0.15) is 0 Å². The number of benzene rings is 2. The van der Waals surface area contributed by atoms with Crippen LogP contribution in [0.1, 0.15) is 13.8 Å². The third kappa shape index (κ3) is 3.63. The molecule has 8 heteroatoms. The normalized spacial score (nSPS) is 11.1. The zero-order valence-corrected chi connectivity index (χ0v) is 17.7. The Hall–Kier alpha value is -3.13. The Morgan fingerprint density at radius 2 is 1.86 bits per heavy atom. The molecule has 29 heavy (non-hydrogen) atoms. The van der Waals surface area contributed by atoms with Crippen LogP contribution >= 0.6 is 15.9 Å². The van der Waals surface area contributed by atoms with E-state index in [0.717, 1.165) is 34.2 Å². The first-order valence-electron chi connectivity index (χ1n) is 9.31. The Labute approximate surface area is 175 Å². The lowest BCUT2D eigenvalue weighted by Gasteiger charge is -2.22. The summed E-state index contributed by atoms with van der Waals surface area (Å²) < 4.78 is 7.98. The summed E-state index contributed by atoms with van der Waals surface area (Å²) in [7, 11) is 0. The van der Waals surface area contributed by atoms with Crippen LogP contribution in [0.5, 0.6) is 0 Å². The highest BCUT2D eigenvalue weighted by atomic mass is 79.9. The molecule has 2 aromatic carbocycles. The van der Waals surface area contributed by atoms with Gasteiger partial charge in [0.15, 0.2) is 5.69 Å². The van der Waals surface area contributed by atoms with E-state index in [1.165, 1.54) is 4.68 Å². The number of rotatable bonds is 5. The Kier molecular flexibility index (Phi) is 5.10. The van der Waals surface area contributed by atoms with Gasteiger partial charge >= 0.3 is 5.63 Å². The van der Waals surface area contributed by atoms with E-state index in [0.29, 0.717) is 22.7 Å². The average molecular weight is 454 g/mol. The second-order valence-electron chi connectivity index (χ2n) is 6.60. The quantitative estimate of drug-likeness (QED) is 0.359. The molecule has 0 fully saturated rings. The minimum absolute atomic E-state index is 0.300. The molecule has 2 N–H and O–H groups in total. The van der Waals surface area contributed by atoms with Crippen LogP contribution in [0.25, 0.3) is 27.9 Å². The Morgan fingerprint density at radius 3 is 2.55 bits per heavy atom. The van der Waals surface area contributed by atoms with E-state index < -0.39 is 5.63 Å². The molecule has 0 aliphatic carbocycles. The minimum atomic E-state index is -0.473. The van der Waals surface area contributed by atoms with Crippen molar-refractivity contribution in [2.75, 3.05) is 23.7 Å². The van der Waals surface area contributed by atoms with Crippen LogP contribution < -0.4 is 16.3 Å². The second kappa shape index (κ2) is 7.71. The molecule has 0 saturated carbocycles. The van der Waals surface area contributed by atoms with Crippen molar-refractivity contribution in [3.63, 3.8) is 0 Å². The van der Waals surface area contributed by atoms with E-state index >= 15 is 0 Å². The van der Waals surface area contributed by atoms with Gasteiger partial charge in [-0.25, -0.2) is 9.48 Å². The van der Waals surface area contributed by atoms with Crippen molar-refractivity contribution in [3.8, 4) is 16.9 Å². The standard InChI is InChI=1S/C21H20BrN5O2/c1-3-26(4-2)18-11-20-14(9-16(18)22)10-19(21(28)29-20)27-12-17(24-25-27)13-5-7-15(23)8-6-13/h5-12H,3-4,23H2,1-2H3. The molecule has 0 bridgehead atoms. The van der Waals surface area contributed by atoms with E-state index in [1.54, 1.807) is 24.4 Å². The summed E-state index contributed by atoms with van der Waals surface area (Å²) in [5, 5.41) is 9.07. The number of fused-ring (bicyclic) bond motifs is 1. The first kappa shape index (κ1) is 19.2. The van der Waals surface area contributed by atoms with Crippen LogP contribution in [-0.4, -0.2) is 28.1 Å². The number of hydrogen-bond acceptors (Lipinski definition) is 6. The molecule has 148 valence electrons. The van der Waals surface area contributed by atoms with E-state index in [4.69, 9.17) is 10.2 Å². The lowest BCUT2D eigenvalue weighted by molar-refractivity contribution is 0.550. The molecule has 0 radical (unpaired) electrons. The Balaban J connectivity index is 1.77. The molecule has 0 unspecified atom stereocenters. The summed E-state index contributed by atoms with van der Waals surface area (Å²) >= 11 is 3.63. The molecule has 0 amide bonds.